The molecule has 0 unspecified atom stereocenters. The average molecular weight is 579 g/mol. The Morgan fingerprint density at radius 3 is 2.41 bits per heavy atom. The Hall–Kier alpha value is -4.42. The molecule has 2 aromatic carbocycles. The van der Waals surface area contributed by atoms with E-state index in [4.69, 9.17) is 4.74 Å². The number of hydrogen-bond donors (Lipinski definition) is 3. The highest BCUT2D eigenvalue weighted by Gasteiger charge is 2.44. The molecule has 3 N–H and O–H groups in total. The molecule has 0 atom stereocenters. The lowest BCUT2D eigenvalue weighted by Crippen LogP contribution is -2.56. The van der Waals surface area contributed by atoms with E-state index >= 15 is 0 Å². The molecular formula is C28H24F6N4O3. The normalized spacial score (nSPS) is 18.0. The smallest absolute Gasteiger partial charge is 0.416 e. The van der Waals surface area contributed by atoms with E-state index in [0.717, 1.165) is 35.9 Å². The minimum absolute atomic E-state index is 0.0204. The number of hydrogen-bond acceptors (Lipinski definition) is 4. The molecule has 5 rings (SSSR count). The van der Waals surface area contributed by atoms with Gasteiger partial charge in [-0.3, -0.25) is 4.79 Å². The minimum atomic E-state index is -4.79. The molecule has 2 fully saturated rings. The van der Waals surface area contributed by atoms with Gasteiger partial charge >= 0.3 is 12.2 Å². The van der Waals surface area contributed by atoms with Crippen molar-refractivity contribution in [1.29, 1.82) is 0 Å². The molecule has 216 valence electrons. The highest BCUT2D eigenvalue weighted by atomic mass is 19.4. The lowest BCUT2D eigenvalue weighted by atomic mass is 10.1. The first-order valence-electron chi connectivity index (χ1n) is 12.6. The van der Waals surface area contributed by atoms with Crippen molar-refractivity contribution in [2.45, 2.75) is 31.4 Å². The summed E-state index contributed by atoms with van der Waals surface area (Å²) in [6.07, 6.45) is 4.21. The Morgan fingerprint density at radius 2 is 1.76 bits per heavy atom. The van der Waals surface area contributed by atoms with E-state index in [9.17, 15) is 35.9 Å². The molecule has 3 aliphatic rings. The zero-order valence-electron chi connectivity index (χ0n) is 21.3. The van der Waals surface area contributed by atoms with Crippen LogP contribution in [0.1, 0.15) is 24.8 Å². The fourth-order valence-electron chi connectivity index (χ4n) is 4.20. The van der Waals surface area contributed by atoms with Crippen molar-refractivity contribution in [1.82, 2.24) is 5.32 Å². The van der Waals surface area contributed by atoms with E-state index in [1.54, 1.807) is 18.2 Å². The Kier molecular flexibility index (Phi) is 7.45. The standard InChI is InChI=1S/C28H24F6N4O3/c29-23-13-22(41-21-4-2-1-3-18(12-21)35-25(39)16-5-6-16)7-8-24(23)37-26(40)36-19-9-17(28(32,33)34)10-20(11-19)38-14-27(30,31)15-38/h1-2,4,7-13,16H,3,5-6,14-15H2,(H,35,39)(H2,36,37,40). The highest BCUT2D eigenvalue weighted by Crippen LogP contribution is 2.38. The molecule has 7 nitrogen and oxygen atoms in total. The summed E-state index contributed by atoms with van der Waals surface area (Å²) < 4.78 is 87.2. The van der Waals surface area contributed by atoms with Crippen molar-refractivity contribution in [2.75, 3.05) is 28.6 Å². The molecule has 3 amide bonds. The molecule has 2 aromatic rings. The van der Waals surface area contributed by atoms with E-state index in [1.807, 2.05) is 6.08 Å². The number of rotatable bonds is 7. The van der Waals surface area contributed by atoms with Gasteiger partial charge in [0.1, 0.15) is 17.3 Å². The van der Waals surface area contributed by atoms with Gasteiger partial charge in [-0.05, 0) is 49.2 Å². The largest absolute Gasteiger partial charge is 0.457 e. The second-order valence-corrected chi connectivity index (χ2v) is 9.94. The van der Waals surface area contributed by atoms with Gasteiger partial charge in [0.25, 0.3) is 5.92 Å². The summed E-state index contributed by atoms with van der Waals surface area (Å²) in [7, 11) is 0. The van der Waals surface area contributed by atoms with Crippen molar-refractivity contribution in [3.63, 3.8) is 0 Å². The number of allylic oxidation sites excluding steroid dienone is 4. The number of benzene rings is 2. The maximum atomic E-state index is 14.8. The fourth-order valence-corrected chi connectivity index (χ4v) is 4.20. The zero-order valence-corrected chi connectivity index (χ0v) is 21.3. The third-order valence-electron chi connectivity index (χ3n) is 6.42. The van der Waals surface area contributed by atoms with Gasteiger partial charge < -0.3 is 25.6 Å². The monoisotopic (exact) mass is 578 g/mol. The van der Waals surface area contributed by atoms with Gasteiger partial charge in [-0.25, -0.2) is 18.0 Å². The number of halogens is 6. The van der Waals surface area contributed by atoms with E-state index < -0.39 is 42.6 Å². The molecular weight excluding hydrogens is 554 g/mol. The molecule has 0 spiro atoms. The van der Waals surface area contributed by atoms with Crippen molar-refractivity contribution in [2.24, 2.45) is 5.92 Å². The summed E-state index contributed by atoms with van der Waals surface area (Å²) in [5.41, 5.74) is -1.25. The van der Waals surface area contributed by atoms with Gasteiger partial charge in [0.15, 0.2) is 0 Å². The first kappa shape index (κ1) is 28.1. The molecule has 0 aromatic heterocycles. The molecule has 1 saturated heterocycles. The average Bonchev–Trinajstić information content (AvgIpc) is 3.72. The highest BCUT2D eigenvalue weighted by molar-refractivity contribution is 6.00. The van der Waals surface area contributed by atoms with Crippen LogP contribution in [0.15, 0.2) is 72.2 Å². The van der Waals surface area contributed by atoms with E-state index in [0.29, 0.717) is 23.9 Å². The van der Waals surface area contributed by atoms with Crippen molar-refractivity contribution < 1.29 is 40.7 Å². The third-order valence-corrected chi connectivity index (χ3v) is 6.42. The molecule has 1 aliphatic heterocycles. The van der Waals surface area contributed by atoms with Crippen LogP contribution in [-0.2, 0) is 11.0 Å². The molecule has 1 saturated carbocycles. The molecule has 13 heteroatoms. The molecule has 0 bridgehead atoms. The van der Waals surface area contributed by atoms with Gasteiger partial charge in [0.2, 0.25) is 5.91 Å². The van der Waals surface area contributed by atoms with E-state index in [-0.39, 0.29) is 34.6 Å². The molecule has 41 heavy (non-hydrogen) atoms. The number of anilines is 3. The zero-order chi connectivity index (χ0) is 29.4. The fraction of sp³-hybridized carbons (Fsp3) is 0.286. The summed E-state index contributed by atoms with van der Waals surface area (Å²) in [5.74, 6) is -3.51. The predicted molar refractivity (Wildman–Crippen MR) is 139 cm³/mol. The van der Waals surface area contributed by atoms with Crippen LogP contribution in [0.5, 0.6) is 5.75 Å². The van der Waals surface area contributed by atoms with Crippen molar-refractivity contribution in [3.8, 4) is 5.75 Å². The van der Waals surface area contributed by atoms with Crippen LogP contribution >= 0.6 is 0 Å². The van der Waals surface area contributed by atoms with E-state index in [2.05, 4.69) is 16.0 Å². The van der Waals surface area contributed by atoms with Crippen LogP contribution in [0.4, 0.5) is 48.2 Å². The predicted octanol–water partition coefficient (Wildman–Crippen LogP) is 6.58. The first-order chi connectivity index (χ1) is 19.3. The Balaban J connectivity index is 1.24. The number of carbonyl (C=O) groups excluding carboxylic acids is 2. The Labute approximate surface area is 230 Å². The molecule has 1 heterocycles. The number of amides is 3. The van der Waals surface area contributed by atoms with Gasteiger partial charge in [0.05, 0.1) is 24.3 Å². The first-order valence-corrected chi connectivity index (χ1v) is 12.6. The van der Waals surface area contributed by atoms with Gasteiger partial charge in [-0.15, -0.1) is 0 Å². The molecule has 2 aliphatic carbocycles. The second-order valence-electron chi connectivity index (χ2n) is 9.94. The number of carbonyl (C=O) groups is 2. The lowest BCUT2D eigenvalue weighted by molar-refractivity contribution is -0.137. The van der Waals surface area contributed by atoms with Crippen LogP contribution in [0, 0.1) is 11.7 Å². The number of urea groups is 1. The van der Waals surface area contributed by atoms with Gasteiger partial charge in [0, 0.05) is 41.6 Å². The lowest BCUT2D eigenvalue weighted by Gasteiger charge is -2.40. The number of ether oxygens (including phenoxy) is 1. The Morgan fingerprint density at radius 1 is 1.00 bits per heavy atom. The van der Waals surface area contributed by atoms with Crippen molar-refractivity contribution in [3.05, 3.63) is 83.5 Å². The van der Waals surface area contributed by atoms with Crippen LogP contribution < -0.4 is 25.6 Å². The number of nitrogens with zero attached hydrogens (tertiary/aromatic N) is 1. The SMILES string of the molecule is O=C(Nc1cc(N2CC(F)(F)C2)cc(C(F)(F)F)c1)Nc1ccc(OC2=CC=CCC(NC(=O)C3CC3)=C2)cc1F. The van der Waals surface area contributed by atoms with Crippen LogP contribution in [0.3, 0.4) is 0 Å². The topological polar surface area (TPSA) is 82.7 Å². The van der Waals surface area contributed by atoms with Crippen LogP contribution in [0.2, 0.25) is 0 Å². The minimum Gasteiger partial charge on any atom is -0.457 e. The van der Waals surface area contributed by atoms with Crippen LogP contribution in [-0.4, -0.2) is 31.0 Å². The van der Waals surface area contributed by atoms with Gasteiger partial charge in [-0.1, -0.05) is 12.2 Å². The summed E-state index contributed by atoms with van der Waals surface area (Å²) in [6, 6.07) is 5.03. The third kappa shape index (κ3) is 7.21. The molecule has 0 radical (unpaired) electrons. The number of alkyl halides is 5. The maximum Gasteiger partial charge on any atom is 0.416 e. The van der Waals surface area contributed by atoms with E-state index in [1.165, 1.54) is 12.1 Å². The second kappa shape index (κ2) is 10.9. The maximum absolute atomic E-state index is 14.8. The summed E-state index contributed by atoms with van der Waals surface area (Å²) in [6.45, 7) is -1.50. The Bertz CT molecular complexity index is 1460. The van der Waals surface area contributed by atoms with Crippen LogP contribution in [0.25, 0.3) is 0 Å². The quantitative estimate of drug-likeness (QED) is 0.325. The summed E-state index contributed by atoms with van der Waals surface area (Å²) >= 11 is 0. The summed E-state index contributed by atoms with van der Waals surface area (Å²) in [5, 5.41) is 7.26. The van der Waals surface area contributed by atoms with Gasteiger partial charge in [-0.2, -0.15) is 13.2 Å². The number of nitrogens with one attached hydrogen (secondary N) is 3. The van der Waals surface area contributed by atoms with Crippen molar-refractivity contribution >= 4 is 29.0 Å². The summed E-state index contributed by atoms with van der Waals surface area (Å²) in [4.78, 5) is 25.6.